The summed E-state index contributed by atoms with van der Waals surface area (Å²) in [5, 5.41) is 0. The maximum absolute atomic E-state index is 12.6. The number of phosphoric acid groups is 1. The van der Waals surface area contributed by atoms with Crippen molar-refractivity contribution in [3.8, 4) is 0 Å². The minimum atomic E-state index is -4.41. The fraction of sp³-hybridized carbons (Fsp3) is 0.947. The van der Waals surface area contributed by atoms with Gasteiger partial charge in [-0.05, 0) is 12.8 Å². The molecule has 9 nitrogen and oxygen atoms in total. The van der Waals surface area contributed by atoms with Crippen LogP contribution in [0.4, 0.5) is 0 Å². The van der Waals surface area contributed by atoms with E-state index in [-0.39, 0.29) is 23.6 Å². The van der Waals surface area contributed by atoms with Crippen LogP contribution in [-0.4, -0.2) is 61.9 Å². The smallest absolute Gasteiger partial charge is 0.462 e. The molecule has 0 saturated carbocycles. The Morgan fingerprint density at radius 2 is 0.875 bits per heavy atom. The minimum Gasteiger partial charge on any atom is -0.462 e. The van der Waals surface area contributed by atoms with Crippen LogP contribution < -0.4 is 0 Å². The molecule has 0 amide bonds. The Labute approximate surface area is 295 Å². The third-order valence-electron chi connectivity index (χ3n) is 8.47. The molecule has 286 valence electrons. The first kappa shape index (κ1) is 47.0. The number of carbonyl (C=O) groups excluding carboxylic acids is 2. The third-order valence-corrected chi connectivity index (χ3v) is 9.64. The summed E-state index contributed by atoms with van der Waals surface area (Å²) in [7, 11) is 0.329. The summed E-state index contributed by atoms with van der Waals surface area (Å²) < 4.78 is 33.2. The van der Waals surface area contributed by atoms with Crippen LogP contribution in [0.15, 0.2) is 0 Å². The molecule has 0 radical (unpaired) electrons. The van der Waals surface area contributed by atoms with E-state index in [1.54, 1.807) is 21.1 Å². The zero-order valence-electron chi connectivity index (χ0n) is 32.0. The van der Waals surface area contributed by atoms with Gasteiger partial charge in [0.15, 0.2) is 6.10 Å². The Bertz CT molecular complexity index is 804. The van der Waals surface area contributed by atoms with Gasteiger partial charge in [0.2, 0.25) is 0 Å². The second-order valence-corrected chi connectivity index (χ2v) is 15.9. The van der Waals surface area contributed by atoms with Gasteiger partial charge in [-0.3, -0.25) is 19.0 Å². The molecule has 10 heteroatoms. The van der Waals surface area contributed by atoms with Gasteiger partial charge in [0.1, 0.15) is 6.61 Å². The molecular weight excluding hydrogens is 629 g/mol. The molecule has 0 saturated heterocycles. The molecule has 0 bridgehead atoms. The second-order valence-electron chi connectivity index (χ2n) is 14.5. The first-order chi connectivity index (χ1) is 23.0. The molecule has 0 fully saturated rings. The number of hydrogen-bond donors (Lipinski definition) is 1. The lowest BCUT2D eigenvalue weighted by Crippen LogP contribution is -2.34. The zero-order valence-corrected chi connectivity index (χ0v) is 32.9. The summed E-state index contributed by atoms with van der Waals surface area (Å²) >= 11 is 0. The van der Waals surface area contributed by atoms with Crippen LogP contribution in [0, 0.1) is 0 Å². The van der Waals surface area contributed by atoms with E-state index >= 15 is 0 Å². The number of unbranched alkanes of at least 4 members (excludes halogenated alkanes) is 24. The summed E-state index contributed by atoms with van der Waals surface area (Å²) in [4.78, 5) is 35.1. The standard InChI is InChI=1S/C38H76NO8P/c1-6-8-10-12-14-16-18-20-22-24-26-28-30-32-37(40)44-34-36(35-45-48(42,43)47-39(3,4)5)46-38(41)33-31-29-27-25-23-21-19-17-15-13-11-9-7-2/h36H,6-35H2,1-5H3/p+1/t36-/m1/s1. The lowest BCUT2D eigenvalue weighted by Gasteiger charge is -2.24. The van der Waals surface area contributed by atoms with Gasteiger partial charge >= 0.3 is 19.8 Å². The topological polar surface area (TPSA) is 108 Å². The van der Waals surface area contributed by atoms with Crippen molar-refractivity contribution < 1.29 is 42.3 Å². The molecule has 0 spiro atoms. The number of carbonyl (C=O) groups is 2. The molecule has 0 aliphatic carbocycles. The van der Waals surface area contributed by atoms with Crippen LogP contribution in [0.1, 0.15) is 194 Å². The Morgan fingerprint density at radius 3 is 1.23 bits per heavy atom. The average molecular weight is 707 g/mol. The molecule has 0 aliphatic heterocycles. The van der Waals surface area contributed by atoms with Gasteiger partial charge in [-0.15, -0.1) is 0 Å². The lowest BCUT2D eigenvalue weighted by atomic mass is 10.0. The Morgan fingerprint density at radius 1 is 0.542 bits per heavy atom. The van der Waals surface area contributed by atoms with Crippen molar-refractivity contribution in [2.24, 2.45) is 0 Å². The van der Waals surface area contributed by atoms with E-state index in [1.165, 1.54) is 128 Å². The number of esters is 2. The van der Waals surface area contributed by atoms with E-state index < -0.39 is 26.5 Å². The van der Waals surface area contributed by atoms with Gasteiger partial charge in [0.25, 0.3) is 0 Å². The lowest BCUT2D eigenvalue weighted by molar-refractivity contribution is -1.04. The highest BCUT2D eigenvalue weighted by atomic mass is 31.2. The highest BCUT2D eigenvalue weighted by molar-refractivity contribution is 7.47. The summed E-state index contributed by atoms with van der Waals surface area (Å²) in [6.45, 7) is 3.85. The number of ether oxygens (including phenoxy) is 2. The van der Waals surface area contributed by atoms with Crippen molar-refractivity contribution in [1.29, 1.82) is 0 Å². The van der Waals surface area contributed by atoms with E-state index in [2.05, 4.69) is 13.8 Å². The first-order valence-electron chi connectivity index (χ1n) is 19.8. The van der Waals surface area contributed by atoms with Crippen LogP contribution in [0.5, 0.6) is 0 Å². The molecule has 48 heavy (non-hydrogen) atoms. The number of phosphoric ester groups is 1. The van der Waals surface area contributed by atoms with Gasteiger partial charge in [-0.1, -0.05) is 173 Å². The summed E-state index contributed by atoms with van der Waals surface area (Å²) in [6.07, 6.45) is 31.3. The van der Waals surface area contributed by atoms with Crippen LogP contribution >= 0.6 is 7.82 Å². The molecule has 1 N–H and O–H groups in total. The Balaban J connectivity index is 4.28. The van der Waals surface area contributed by atoms with E-state index in [0.717, 1.165) is 32.1 Å². The first-order valence-corrected chi connectivity index (χ1v) is 21.3. The van der Waals surface area contributed by atoms with E-state index in [9.17, 15) is 19.0 Å². The fourth-order valence-electron chi connectivity index (χ4n) is 5.70. The van der Waals surface area contributed by atoms with E-state index in [0.29, 0.717) is 12.8 Å². The van der Waals surface area contributed by atoms with Gasteiger partial charge in [0, 0.05) is 12.8 Å². The normalized spacial score (nSPS) is 13.7. The van der Waals surface area contributed by atoms with E-state index in [1.807, 2.05) is 0 Å². The molecule has 0 aromatic carbocycles. The van der Waals surface area contributed by atoms with Crippen molar-refractivity contribution >= 4 is 19.8 Å². The number of rotatable bonds is 36. The van der Waals surface area contributed by atoms with Crippen LogP contribution in [0.2, 0.25) is 0 Å². The highest BCUT2D eigenvalue weighted by Gasteiger charge is 2.32. The summed E-state index contributed by atoms with van der Waals surface area (Å²) in [5.74, 6) is -0.801. The van der Waals surface area contributed by atoms with Gasteiger partial charge in [-0.2, -0.15) is 4.65 Å². The Hall–Kier alpha value is -0.990. The molecular formula is C38H77NO8P+. The van der Waals surface area contributed by atoms with Gasteiger partial charge in [0.05, 0.1) is 27.7 Å². The van der Waals surface area contributed by atoms with Gasteiger partial charge < -0.3 is 9.47 Å². The van der Waals surface area contributed by atoms with Crippen molar-refractivity contribution in [3.63, 3.8) is 0 Å². The van der Waals surface area contributed by atoms with Crippen molar-refractivity contribution in [3.05, 3.63) is 0 Å². The van der Waals surface area contributed by atoms with Crippen LogP contribution in [0.25, 0.3) is 0 Å². The molecule has 0 aliphatic rings. The van der Waals surface area contributed by atoms with E-state index in [4.69, 9.17) is 18.6 Å². The maximum atomic E-state index is 12.6. The largest absolute Gasteiger partial charge is 0.518 e. The quantitative estimate of drug-likeness (QED) is 0.0225. The van der Waals surface area contributed by atoms with Crippen LogP contribution in [0.3, 0.4) is 0 Å². The molecule has 1 unspecified atom stereocenters. The molecule has 0 heterocycles. The second kappa shape index (κ2) is 32.0. The summed E-state index contributed by atoms with van der Waals surface area (Å²) in [5.41, 5.74) is 0. The number of nitrogens with zero attached hydrogens (tertiary/aromatic N) is 1. The van der Waals surface area contributed by atoms with Crippen molar-refractivity contribution in [2.45, 2.75) is 200 Å². The number of hydroxylamine groups is 3. The van der Waals surface area contributed by atoms with Crippen LogP contribution in [-0.2, 0) is 32.8 Å². The predicted octanol–water partition coefficient (Wildman–Crippen LogP) is 11.2. The third kappa shape index (κ3) is 34.9. The highest BCUT2D eigenvalue weighted by Crippen LogP contribution is 2.45. The maximum Gasteiger partial charge on any atom is 0.518 e. The van der Waals surface area contributed by atoms with Crippen molar-refractivity contribution in [1.82, 2.24) is 0 Å². The SMILES string of the molecule is CCCCCCCCCCCCCCCC(=O)OC[C@H](COP(=O)(O)O[N+](C)(C)C)OC(=O)CCCCCCCCCCCCCCC. The van der Waals surface area contributed by atoms with Gasteiger partial charge in [-0.25, -0.2) is 4.57 Å². The van der Waals surface area contributed by atoms with Crippen molar-refractivity contribution in [2.75, 3.05) is 34.4 Å². The molecule has 2 atom stereocenters. The average Bonchev–Trinajstić information content (AvgIpc) is 3.02. The molecule has 0 aromatic heterocycles. The number of hydrogen-bond acceptors (Lipinski definition) is 7. The molecule has 0 rings (SSSR count). The predicted molar refractivity (Wildman–Crippen MR) is 196 cm³/mol. The zero-order chi connectivity index (χ0) is 35.8. The summed E-state index contributed by atoms with van der Waals surface area (Å²) in [6, 6.07) is 0. The molecule has 0 aromatic rings. The number of quaternary nitrogens is 1. The monoisotopic (exact) mass is 707 g/mol. The minimum absolute atomic E-state index is 0.230. The fourth-order valence-corrected chi connectivity index (χ4v) is 6.72. The Kier molecular flexibility index (Phi) is 31.3.